The number of carbonyl (C=O) groups is 2. The molecule has 0 radical (unpaired) electrons. The Labute approximate surface area is 123 Å². The van der Waals surface area contributed by atoms with E-state index in [9.17, 15) is 9.59 Å². The highest BCUT2D eigenvalue weighted by Crippen LogP contribution is 2.26. The van der Waals surface area contributed by atoms with E-state index in [1.54, 1.807) is 43.3 Å². The summed E-state index contributed by atoms with van der Waals surface area (Å²) in [5, 5.41) is 0. The van der Waals surface area contributed by atoms with Crippen molar-refractivity contribution in [1.82, 2.24) is 0 Å². The second-order valence-electron chi connectivity index (χ2n) is 4.59. The van der Waals surface area contributed by atoms with E-state index >= 15 is 0 Å². The van der Waals surface area contributed by atoms with Crippen molar-refractivity contribution >= 4 is 12.1 Å². The van der Waals surface area contributed by atoms with Gasteiger partial charge in [-0.3, -0.25) is 9.59 Å². The Hall–Kier alpha value is -2.62. The zero-order valence-electron chi connectivity index (χ0n) is 12.2. The Balaban J connectivity index is 2.57. The highest BCUT2D eigenvalue weighted by Gasteiger charge is 2.17. The maximum atomic E-state index is 12.7. The Morgan fingerprint density at radius 3 is 2.19 bits per heavy atom. The van der Waals surface area contributed by atoms with Crippen molar-refractivity contribution in [3.63, 3.8) is 0 Å². The highest BCUT2D eigenvalue weighted by molar-refractivity contribution is 6.14. The van der Waals surface area contributed by atoms with Crippen LogP contribution in [0.3, 0.4) is 0 Å². The van der Waals surface area contributed by atoms with Crippen molar-refractivity contribution in [2.24, 2.45) is 0 Å². The molecule has 2 rings (SSSR count). The fourth-order valence-corrected chi connectivity index (χ4v) is 2.18. The lowest BCUT2D eigenvalue weighted by Gasteiger charge is -2.10. The largest absolute Gasteiger partial charge is 0.497 e. The Morgan fingerprint density at radius 2 is 1.67 bits per heavy atom. The number of carbonyl (C=O) groups excluding carboxylic acids is 2. The molecule has 2 aromatic rings. The van der Waals surface area contributed by atoms with E-state index in [0.29, 0.717) is 34.5 Å². The van der Waals surface area contributed by atoms with Crippen LogP contribution in [-0.2, 0) is 0 Å². The van der Waals surface area contributed by atoms with Gasteiger partial charge in [-0.2, -0.15) is 0 Å². The van der Waals surface area contributed by atoms with E-state index in [2.05, 4.69) is 0 Å². The third-order valence-electron chi connectivity index (χ3n) is 3.27. The molecule has 108 valence electrons. The minimum absolute atomic E-state index is 0.229. The van der Waals surface area contributed by atoms with Crippen LogP contribution >= 0.6 is 0 Å². The second kappa shape index (κ2) is 6.22. The molecule has 2 aromatic carbocycles. The topological polar surface area (TPSA) is 52.6 Å². The molecule has 0 aliphatic heterocycles. The molecule has 4 heteroatoms. The van der Waals surface area contributed by atoms with E-state index in [1.807, 2.05) is 0 Å². The number of ether oxygens (including phenoxy) is 2. The number of hydrogen-bond donors (Lipinski definition) is 0. The van der Waals surface area contributed by atoms with Crippen molar-refractivity contribution in [3.8, 4) is 11.5 Å². The van der Waals surface area contributed by atoms with E-state index < -0.39 is 0 Å². The van der Waals surface area contributed by atoms with Gasteiger partial charge in [0.2, 0.25) is 0 Å². The summed E-state index contributed by atoms with van der Waals surface area (Å²) in [6.45, 7) is 1.80. The lowest BCUT2D eigenvalue weighted by Crippen LogP contribution is -2.08. The third-order valence-corrected chi connectivity index (χ3v) is 3.27. The number of aldehydes is 1. The summed E-state index contributed by atoms with van der Waals surface area (Å²) in [5.74, 6) is 0.824. The number of ketones is 1. The third kappa shape index (κ3) is 2.94. The van der Waals surface area contributed by atoms with Crippen molar-refractivity contribution in [1.29, 1.82) is 0 Å². The lowest BCUT2D eigenvalue weighted by atomic mass is 9.94. The van der Waals surface area contributed by atoms with Gasteiger partial charge in [0.25, 0.3) is 0 Å². The average molecular weight is 284 g/mol. The molecule has 4 nitrogen and oxygen atoms in total. The van der Waals surface area contributed by atoms with E-state index in [-0.39, 0.29) is 5.78 Å². The molecule has 0 N–H and O–H groups in total. The van der Waals surface area contributed by atoms with Crippen LogP contribution in [0, 0.1) is 6.92 Å². The molecule has 0 aliphatic carbocycles. The predicted octanol–water partition coefficient (Wildman–Crippen LogP) is 3.06. The van der Waals surface area contributed by atoms with Crippen LogP contribution in [0.25, 0.3) is 0 Å². The standard InChI is InChI=1S/C17H16O4/c1-11-5-4-6-12(10-18)16(11)17(19)13-7-14(20-2)9-15(8-13)21-3/h4-10H,1-3H3. The molecule has 0 unspecified atom stereocenters. The van der Waals surface area contributed by atoms with Gasteiger partial charge in [0.05, 0.1) is 14.2 Å². The van der Waals surface area contributed by atoms with Gasteiger partial charge >= 0.3 is 0 Å². The second-order valence-corrected chi connectivity index (χ2v) is 4.59. The van der Waals surface area contributed by atoms with Crippen molar-refractivity contribution in [3.05, 3.63) is 58.7 Å². The van der Waals surface area contributed by atoms with Gasteiger partial charge in [-0.25, -0.2) is 0 Å². The normalized spacial score (nSPS) is 10.0. The van der Waals surface area contributed by atoms with Crippen LogP contribution in [0.15, 0.2) is 36.4 Å². The van der Waals surface area contributed by atoms with Gasteiger partial charge < -0.3 is 9.47 Å². The maximum Gasteiger partial charge on any atom is 0.194 e. The quantitative estimate of drug-likeness (QED) is 0.625. The van der Waals surface area contributed by atoms with E-state index in [4.69, 9.17) is 9.47 Å². The SMILES string of the molecule is COc1cc(OC)cc(C(=O)c2c(C)cccc2C=O)c1. The first kappa shape index (κ1) is 14.8. The first-order valence-electron chi connectivity index (χ1n) is 6.43. The summed E-state index contributed by atoms with van der Waals surface area (Å²) in [7, 11) is 3.04. The summed E-state index contributed by atoms with van der Waals surface area (Å²) >= 11 is 0. The van der Waals surface area contributed by atoms with Crippen LogP contribution in [-0.4, -0.2) is 26.3 Å². The van der Waals surface area contributed by atoms with Gasteiger partial charge in [-0.05, 0) is 24.6 Å². The Kier molecular flexibility index (Phi) is 4.38. The minimum Gasteiger partial charge on any atom is -0.497 e. The molecule has 0 spiro atoms. The zero-order chi connectivity index (χ0) is 15.4. The van der Waals surface area contributed by atoms with Crippen LogP contribution in [0.1, 0.15) is 31.8 Å². The summed E-state index contributed by atoms with van der Waals surface area (Å²) < 4.78 is 10.3. The monoisotopic (exact) mass is 284 g/mol. The first-order valence-corrected chi connectivity index (χ1v) is 6.43. The summed E-state index contributed by atoms with van der Waals surface area (Å²) in [5.41, 5.74) is 1.96. The molecule has 0 atom stereocenters. The zero-order valence-corrected chi connectivity index (χ0v) is 12.2. The fraction of sp³-hybridized carbons (Fsp3) is 0.176. The molecular formula is C17H16O4. The number of methoxy groups -OCH3 is 2. The van der Waals surface area contributed by atoms with Crippen LogP contribution in [0.2, 0.25) is 0 Å². The number of rotatable bonds is 5. The molecule has 0 amide bonds. The molecule has 0 aromatic heterocycles. The van der Waals surface area contributed by atoms with Crippen molar-refractivity contribution in [2.45, 2.75) is 6.92 Å². The maximum absolute atomic E-state index is 12.7. The van der Waals surface area contributed by atoms with Gasteiger partial charge in [0.1, 0.15) is 11.5 Å². The van der Waals surface area contributed by atoms with Crippen LogP contribution < -0.4 is 9.47 Å². The smallest absolute Gasteiger partial charge is 0.194 e. The lowest BCUT2D eigenvalue weighted by molar-refractivity contribution is 0.102. The minimum atomic E-state index is -0.229. The molecule has 0 fully saturated rings. The van der Waals surface area contributed by atoms with Gasteiger partial charge in [0.15, 0.2) is 12.1 Å². The highest BCUT2D eigenvalue weighted by atomic mass is 16.5. The van der Waals surface area contributed by atoms with Crippen LogP contribution in [0.4, 0.5) is 0 Å². The van der Waals surface area contributed by atoms with Gasteiger partial charge in [-0.15, -0.1) is 0 Å². The molecule has 0 saturated heterocycles. The number of aryl methyl sites for hydroxylation is 1. The molecule has 0 aliphatic rings. The Bertz CT molecular complexity index is 667. The van der Waals surface area contributed by atoms with Gasteiger partial charge in [-0.1, -0.05) is 18.2 Å². The Morgan fingerprint density at radius 1 is 1.05 bits per heavy atom. The predicted molar refractivity (Wildman–Crippen MR) is 79.5 cm³/mol. The molecule has 21 heavy (non-hydrogen) atoms. The average Bonchev–Trinajstić information content (AvgIpc) is 2.53. The molecule has 0 heterocycles. The summed E-state index contributed by atoms with van der Waals surface area (Å²) in [6.07, 6.45) is 0.692. The first-order chi connectivity index (χ1) is 10.1. The van der Waals surface area contributed by atoms with E-state index in [0.717, 1.165) is 5.56 Å². The van der Waals surface area contributed by atoms with Crippen LogP contribution in [0.5, 0.6) is 11.5 Å². The van der Waals surface area contributed by atoms with E-state index in [1.165, 1.54) is 14.2 Å². The number of hydrogen-bond acceptors (Lipinski definition) is 4. The number of benzene rings is 2. The molecule has 0 saturated carbocycles. The molecule has 0 bridgehead atoms. The van der Waals surface area contributed by atoms with Crippen molar-refractivity contribution < 1.29 is 19.1 Å². The molecular weight excluding hydrogens is 268 g/mol. The summed E-state index contributed by atoms with van der Waals surface area (Å²) in [4.78, 5) is 23.9. The van der Waals surface area contributed by atoms with Gasteiger partial charge in [0, 0.05) is 22.8 Å². The summed E-state index contributed by atoms with van der Waals surface area (Å²) in [6, 6.07) is 10.1. The fourth-order valence-electron chi connectivity index (χ4n) is 2.18. The van der Waals surface area contributed by atoms with Crippen molar-refractivity contribution in [2.75, 3.05) is 14.2 Å².